The average Bonchev–Trinajstić information content (AvgIpc) is 3.28. The number of piperidine rings is 1. The van der Waals surface area contributed by atoms with E-state index < -0.39 is 11.7 Å². The Labute approximate surface area is 178 Å². The minimum absolute atomic E-state index is 0.147. The molecule has 0 unspecified atom stereocenters. The maximum absolute atomic E-state index is 13.0. The Bertz CT molecular complexity index is 1100. The molecule has 0 radical (unpaired) electrons. The van der Waals surface area contributed by atoms with Crippen molar-refractivity contribution in [3.8, 4) is 6.07 Å². The molecule has 31 heavy (non-hydrogen) atoms. The highest BCUT2D eigenvalue weighted by molar-refractivity contribution is 5.98. The van der Waals surface area contributed by atoms with Crippen LogP contribution in [0.25, 0.3) is 5.70 Å². The number of nitrogens with zero attached hydrogens (tertiary/aromatic N) is 3. The summed E-state index contributed by atoms with van der Waals surface area (Å²) in [6, 6.07) is 14.1. The van der Waals surface area contributed by atoms with Crippen LogP contribution < -0.4 is 0 Å². The predicted octanol–water partition coefficient (Wildman–Crippen LogP) is 5.32. The zero-order chi connectivity index (χ0) is 22.0. The fourth-order valence-corrected chi connectivity index (χ4v) is 4.10. The molecule has 4 nitrogen and oxygen atoms in total. The topological polar surface area (TPSA) is 56.5 Å². The number of rotatable bonds is 3. The fraction of sp³-hybridized carbons (Fsp3) is 0.292. The Morgan fingerprint density at radius 3 is 2.55 bits per heavy atom. The number of aliphatic imine (C=N–C) groups is 1. The van der Waals surface area contributed by atoms with E-state index in [-0.39, 0.29) is 11.8 Å². The number of nitriles is 1. The van der Waals surface area contributed by atoms with Crippen molar-refractivity contribution in [1.29, 1.82) is 5.26 Å². The lowest BCUT2D eigenvalue weighted by Gasteiger charge is -2.32. The Balaban J connectivity index is 1.41. The number of carbonyl (C=O) groups is 1. The van der Waals surface area contributed by atoms with E-state index in [1.165, 1.54) is 6.07 Å². The zero-order valence-electron chi connectivity index (χ0n) is 16.7. The van der Waals surface area contributed by atoms with E-state index in [4.69, 9.17) is 0 Å². The van der Waals surface area contributed by atoms with E-state index in [9.17, 15) is 23.2 Å². The van der Waals surface area contributed by atoms with Gasteiger partial charge in [-0.05, 0) is 37.1 Å². The molecule has 2 heterocycles. The molecule has 0 saturated carbocycles. The normalized spacial score (nSPS) is 17.2. The average molecular weight is 423 g/mol. The lowest BCUT2D eigenvalue weighted by Crippen LogP contribution is -2.40. The van der Waals surface area contributed by atoms with Crippen molar-refractivity contribution in [3.63, 3.8) is 0 Å². The van der Waals surface area contributed by atoms with Crippen LogP contribution in [-0.2, 0) is 6.18 Å². The molecular weight excluding hydrogens is 403 g/mol. The van der Waals surface area contributed by atoms with Gasteiger partial charge in [0.1, 0.15) is 0 Å². The highest BCUT2D eigenvalue weighted by atomic mass is 19.4. The number of carbonyl (C=O) groups excluding carboxylic acids is 1. The number of hydrogen-bond acceptors (Lipinski definition) is 3. The number of likely N-dealkylation sites (tertiary alicyclic amines) is 1. The standard InChI is InChI=1S/C24H20F3N3O/c25-24(26,27)19-6-3-5-17(14-19)22-9-8-21(29-22)16-10-12-30(13-11-16)23(31)20-7-2-1-4-18(20)15-28/h1-7,9,14,16H,8,10-13H2. The molecule has 1 saturated heterocycles. The summed E-state index contributed by atoms with van der Waals surface area (Å²) in [5, 5.41) is 9.23. The van der Waals surface area contributed by atoms with Gasteiger partial charge in [0, 0.05) is 36.7 Å². The third-order valence-electron chi connectivity index (χ3n) is 5.79. The molecule has 4 rings (SSSR count). The second-order valence-corrected chi connectivity index (χ2v) is 7.70. The summed E-state index contributed by atoms with van der Waals surface area (Å²) >= 11 is 0. The van der Waals surface area contributed by atoms with Gasteiger partial charge < -0.3 is 4.90 Å². The third-order valence-corrected chi connectivity index (χ3v) is 5.79. The van der Waals surface area contributed by atoms with Gasteiger partial charge in [0.05, 0.1) is 28.5 Å². The van der Waals surface area contributed by atoms with E-state index in [0.29, 0.717) is 41.9 Å². The van der Waals surface area contributed by atoms with Gasteiger partial charge in [0.25, 0.3) is 5.91 Å². The van der Waals surface area contributed by atoms with E-state index in [1.807, 2.05) is 6.08 Å². The molecule has 2 aliphatic heterocycles. The molecule has 0 atom stereocenters. The van der Waals surface area contributed by atoms with E-state index >= 15 is 0 Å². The predicted molar refractivity (Wildman–Crippen MR) is 111 cm³/mol. The summed E-state index contributed by atoms with van der Waals surface area (Å²) in [4.78, 5) is 19.2. The molecule has 0 bridgehead atoms. The van der Waals surface area contributed by atoms with E-state index in [1.54, 1.807) is 35.2 Å². The number of hydrogen-bond donors (Lipinski definition) is 0. The Morgan fingerprint density at radius 2 is 1.84 bits per heavy atom. The minimum atomic E-state index is -4.38. The summed E-state index contributed by atoms with van der Waals surface area (Å²) in [5.41, 5.74) is 2.09. The highest BCUT2D eigenvalue weighted by Crippen LogP contribution is 2.34. The largest absolute Gasteiger partial charge is 0.416 e. The summed E-state index contributed by atoms with van der Waals surface area (Å²) in [7, 11) is 0. The van der Waals surface area contributed by atoms with Gasteiger partial charge in [-0.2, -0.15) is 18.4 Å². The van der Waals surface area contributed by atoms with Crippen molar-refractivity contribution < 1.29 is 18.0 Å². The maximum atomic E-state index is 13.0. The van der Waals surface area contributed by atoms with Crippen LogP contribution in [0, 0.1) is 17.2 Å². The van der Waals surface area contributed by atoms with Crippen LogP contribution in [0.3, 0.4) is 0 Å². The third kappa shape index (κ3) is 4.38. The second kappa shape index (κ2) is 8.38. The number of halogens is 3. The quantitative estimate of drug-likeness (QED) is 0.671. The molecule has 0 aliphatic carbocycles. The molecule has 0 N–H and O–H groups in total. The molecule has 2 aromatic carbocycles. The van der Waals surface area contributed by atoms with Crippen molar-refractivity contribution in [1.82, 2.24) is 4.90 Å². The molecule has 1 amide bonds. The van der Waals surface area contributed by atoms with Crippen molar-refractivity contribution in [2.75, 3.05) is 13.1 Å². The molecule has 7 heteroatoms. The van der Waals surface area contributed by atoms with E-state index in [2.05, 4.69) is 11.1 Å². The van der Waals surface area contributed by atoms with Gasteiger partial charge in [-0.25, -0.2) is 0 Å². The highest BCUT2D eigenvalue weighted by Gasteiger charge is 2.31. The molecular formula is C24H20F3N3O. The first-order valence-electron chi connectivity index (χ1n) is 10.1. The Morgan fingerprint density at radius 1 is 1.10 bits per heavy atom. The Hall–Kier alpha value is -3.40. The summed E-state index contributed by atoms with van der Waals surface area (Å²) in [6.45, 7) is 1.11. The van der Waals surface area contributed by atoms with Crippen LogP contribution >= 0.6 is 0 Å². The number of allylic oxidation sites excluding steroid dienone is 1. The van der Waals surface area contributed by atoms with Crippen LogP contribution in [-0.4, -0.2) is 29.6 Å². The lowest BCUT2D eigenvalue weighted by molar-refractivity contribution is -0.137. The first-order chi connectivity index (χ1) is 14.9. The molecule has 2 aliphatic rings. The van der Waals surface area contributed by atoms with Crippen LogP contribution in [0.2, 0.25) is 0 Å². The molecule has 0 spiro atoms. The molecule has 2 aromatic rings. The maximum Gasteiger partial charge on any atom is 0.416 e. The first-order valence-corrected chi connectivity index (χ1v) is 10.1. The van der Waals surface area contributed by atoms with Gasteiger partial charge >= 0.3 is 6.18 Å². The molecule has 0 aromatic heterocycles. The van der Waals surface area contributed by atoms with Gasteiger partial charge in [0.2, 0.25) is 0 Å². The number of alkyl halides is 3. The van der Waals surface area contributed by atoms with Crippen LogP contribution in [0.1, 0.15) is 46.3 Å². The lowest BCUT2D eigenvalue weighted by atomic mass is 9.90. The van der Waals surface area contributed by atoms with Crippen molar-refractivity contribution in [3.05, 3.63) is 76.9 Å². The second-order valence-electron chi connectivity index (χ2n) is 7.70. The van der Waals surface area contributed by atoms with Gasteiger partial charge in [-0.15, -0.1) is 0 Å². The van der Waals surface area contributed by atoms with Gasteiger partial charge in [-0.1, -0.05) is 30.3 Å². The van der Waals surface area contributed by atoms with Crippen molar-refractivity contribution in [2.24, 2.45) is 10.9 Å². The van der Waals surface area contributed by atoms with Crippen LogP contribution in [0.4, 0.5) is 13.2 Å². The van der Waals surface area contributed by atoms with Crippen molar-refractivity contribution in [2.45, 2.75) is 25.4 Å². The summed E-state index contributed by atoms with van der Waals surface area (Å²) in [6.07, 6.45) is -0.426. The number of benzene rings is 2. The monoisotopic (exact) mass is 423 g/mol. The van der Waals surface area contributed by atoms with E-state index in [0.717, 1.165) is 30.7 Å². The number of amides is 1. The zero-order valence-corrected chi connectivity index (χ0v) is 16.7. The van der Waals surface area contributed by atoms with Crippen LogP contribution in [0.15, 0.2) is 59.6 Å². The summed E-state index contributed by atoms with van der Waals surface area (Å²) < 4.78 is 39.0. The van der Waals surface area contributed by atoms with Crippen LogP contribution in [0.5, 0.6) is 0 Å². The smallest absolute Gasteiger partial charge is 0.339 e. The van der Waals surface area contributed by atoms with Crippen molar-refractivity contribution >= 4 is 17.3 Å². The Kier molecular flexibility index (Phi) is 5.64. The minimum Gasteiger partial charge on any atom is -0.339 e. The SMILES string of the molecule is N#Cc1ccccc1C(=O)N1CCC(C2=NC(c3cccc(C(F)(F)F)c3)=CC2)CC1. The van der Waals surface area contributed by atoms with Gasteiger partial charge in [0.15, 0.2) is 0 Å². The summed E-state index contributed by atoms with van der Waals surface area (Å²) in [5.74, 6) is 0.0431. The first kappa shape index (κ1) is 20.9. The molecule has 158 valence electrons. The fourth-order valence-electron chi connectivity index (χ4n) is 4.10. The van der Waals surface area contributed by atoms with Gasteiger partial charge in [-0.3, -0.25) is 9.79 Å². The molecule has 1 fully saturated rings.